The van der Waals surface area contributed by atoms with Crippen molar-refractivity contribution in [2.75, 3.05) is 6.54 Å². The lowest BCUT2D eigenvalue weighted by Crippen LogP contribution is -2.45. The van der Waals surface area contributed by atoms with Gasteiger partial charge in [0.05, 0.1) is 0 Å². The maximum Gasteiger partial charge on any atom is 0.220 e. The molecule has 2 aliphatic rings. The predicted octanol–water partition coefficient (Wildman–Crippen LogP) is 2.13. The molecule has 1 aromatic carbocycles. The van der Waals surface area contributed by atoms with E-state index in [0.717, 1.165) is 37.3 Å². The number of piperidine rings is 1. The highest BCUT2D eigenvalue weighted by molar-refractivity contribution is 6.30. The van der Waals surface area contributed by atoms with E-state index in [1.54, 1.807) is 0 Å². The number of primary amides is 1. The summed E-state index contributed by atoms with van der Waals surface area (Å²) in [4.78, 5) is 11.4. The molecule has 1 spiro atoms. The van der Waals surface area contributed by atoms with Gasteiger partial charge in [0.25, 0.3) is 0 Å². The normalized spacial score (nSPS) is 33.3. The second-order valence-corrected chi connectivity index (χ2v) is 6.35. The Morgan fingerprint density at radius 3 is 3.05 bits per heavy atom. The Labute approximate surface area is 118 Å². The second kappa shape index (κ2) is 4.80. The molecule has 1 heterocycles. The summed E-state index contributed by atoms with van der Waals surface area (Å²) in [5, 5.41) is 4.39. The molecule has 0 bridgehead atoms. The number of carbonyl (C=O) groups is 1. The molecule has 0 aromatic heterocycles. The minimum absolute atomic E-state index is 0.0469. The van der Waals surface area contributed by atoms with Crippen molar-refractivity contribution in [1.82, 2.24) is 5.32 Å². The highest BCUT2D eigenvalue weighted by Gasteiger charge is 2.56. The Balaban J connectivity index is 1.65. The standard InChI is InChI=1S/C15H19ClN2O/c16-13-3-1-2-10(7-13)6-12-9-15(12)8-11(14(17)19)4-5-18-15/h1-3,7,11-12,18H,4-6,8-9H2,(H2,17,19). The fraction of sp³-hybridized carbons (Fsp3) is 0.533. The minimum atomic E-state index is -0.144. The van der Waals surface area contributed by atoms with E-state index in [4.69, 9.17) is 17.3 Å². The van der Waals surface area contributed by atoms with Gasteiger partial charge in [0.15, 0.2) is 0 Å². The van der Waals surface area contributed by atoms with Gasteiger partial charge in [-0.2, -0.15) is 0 Å². The minimum Gasteiger partial charge on any atom is -0.369 e. The zero-order chi connectivity index (χ0) is 13.5. The van der Waals surface area contributed by atoms with E-state index in [1.165, 1.54) is 5.56 Å². The van der Waals surface area contributed by atoms with Gasteiger partial charge in [0, 0.05) is 16.5 Å². The van der Waals surface area contributed by atoms with Crippen LogP contribution in [0.25, 0.3) is 0 Å². The third-order valence-corrected chi connectivity index (χ3v) is 4.82. The molecule has 102 valence electrons. The maximum atomic E-state index is 11.4. The summed E-state index contributed by atoms with van der Waals surface area (Å²) >= 11 is 6.01. The monoisotopic (exact) mass is 278 g/mol. The van der Waals surface area contributed by atoms with E-state index in [9.17, 15) is 4.79 Å². The van der Waals surface area contributed by atoms with Crippen LogP contribution in [0.4, 0.5) is 0 Å². The topological polar surface area (TPSA) is 55.1 Å². The largest absolute Gasteiger partial charge is 0.369 e. The number of hydrogen-bond acceptors (Lipinski definition) is 2. The lowest BCUT2D eigenvalue weighted by Gasteiger charge is -2.30. The first-order chi connectivity index (χ1) is 9.09. The van der Waals surface area contributed by atoms with Crippen LogP contribution in [0.1, 0.15) is 24.8 Å². The van der Waals surface area contributed by atoms with Crippen molar-refractivity contribution in [3.05, 3.63) is 34.9 Å². The van der Waals surface area contributed by atoms with E-state index < -0.39 is 0 Å². The molecule has 19 heavy (non-hydrogen) atoms. The molecule has 3 rings (SSSR count). The molecule has 1 saturated heterocycles. The summed E-state index contributed by atoms with van der Waals surface area (Å²) in [5.74, 6) is 0.507. The van der Waals surface area contributed by atoms with E-state index >= 15 is 0 Å². The fourth-order valence-electron chi connectivity index (χ4n) is 3.42. The molecule has 1 saturated carbocycles. The summed E-state index contributed by atoms with van der Waals surface area (Å²) in [6.45, 7) is 0.902. The average Bonchev–Trinajstić information content (AvgIpc) is 3.00. The summed E-state index contributed by atoms with van der Waals surface area (Å²) in [7, 11) is 0. The molecule has 3 N–H and O–H groups in total. The van der Waals surface area contributed by atoms with E-state index in [0.29, 0.717) is 5.92 Å². The first kappa shape index (κ1) is 12.9. The van der Waals surface area contributed by atoms with Crippen molar-refractivity contribution < 1.29 is 4.79 Å². The van der Waals surface area contributed by atoms with Gasteiger partial charge in [-0.15, -0.1) is 0 Å². The molecule has 1 aliphatic heterocycles. The van der Waals surface area contributed by atoms with Crippen molar-refractivity contribution >= 4 is 17.5 Å². The maximum absolute atomic E-state index is 11.4. The SMILES string of the molecule is NC(=O)C1CCNC2(C1)CC2Cc1cccc(Cl)c1. The van der Waals surface area contributed by atoms with Crippen LogP contribution in [0.15, 0.2) is 24.3 Å². The number of rotatable bonds is 3. The predicted molar refractivity (Wildman–Crippen MR) is 75.9 cm³/mol. The van der Waals surface area contributed by atoms with Crippen LogP contribution in [-0.2, 0) is 11.2 Å². The quantitative estimate of drug-likeness (QED) is 0.890. The van der Waals surface area contributed by atoms with Crippen molar-refractivity contribution in [2.45, 2.75) is 31.2 Å². The van der Waals surface area contributed by atoms with Gasteiger partial charge in [-0.3, -0.25) is 4.79 Å². The third kappa shape index (κ3) is 2.63. The number of carbonyl (C=O) groups excluding carboxylic acids is 1. The summed E-state index contributed by atoms with van der Waals surface area (Å²) in [6.07, 6.45) is 3.94. The van der Waals surface area contributed by atoms with Gasteiger partial charge in [-0.1, -0.05) is 23.7 Å². The van der Waals surface area contributed by atoms with Gasteiger partial charge in [-0.25, -0.2) is 0 Å². The van der Waals surface area contributed by atoms with Crippen LogP contribution in [0.3, 0.4) is 0 Å². The van der Waals surface area contributed by atoms with Crippen molar-refractivity contribution in [3.63, 3.8) is 0 Å². The number of hydrogen-bond donors (Lipinski definition) is 2. The fourth-order valence-corrected chi connectivity index (χ4v) is 3.63. The molecule has 1 aromatic rings. The van der Waals surface area contributed by atoms with Gasteiger partial charge in [-0.05, 0) is 55.8 Å². The zero-order valence-electron chi connectivity index (χ0n) is 10.9. The second-order valence-electron chi connectivity index (χ2n) is 5.91. The lowest BCUT2D eigenvalue weighted by molar-refractivity contribution is -0.123. The Bertz CT molecular complexity index is 505. The highest BCUT2D eigenvalue weighted by Crippen LogP contribution is 2.51. The first-order valence-electron chi connectivity index (χ1n) is 6.88. The number of halogens is 1. The molecule has 1 aliphatic carbocycles. The number of benzene rings is 1. The van der Waals surface area contributed by atoms with Crippen LogP contribution < -0.4 is 11.1 Å². The van der Waals surface area contributed by atoms with Crippen LogP contribution in [0, 0.1) is 11.8 Å². The molecule has 4 heteroatoms. The average molecular weight is 279 g/mol. The number of nitrogens with one attached hydrogen (secondary N) is 1. The lowest BCUT2D eigenvalue weighted by atomic mass is 9.88. The van der Waals surface area contributed by atoms with Crippen LogP contribution in [0.2, 0.25) is 5.02 Å². The van der Waals surface area contributed by atoms with Crippen molar-refractivity contribution in [2.24, 2.45) is 17.6 Å². The third-order valence-electron chi connectivity index (χ3n) is 4.59. The molecule has 3 nitrogen and oxygen atoms in total. The van der Waals surface area contributed by atoms with Gasteiger partial charge >= 0.3 is 0 Å². The van der Waals surface area contributed by atoms with E-state index in [2.05, 4.69) is 11.4 Å². The summed E-state index contributed by atoms with van der Waals surface area (Å²) < 4.78 is 0. The Morgan fingerprint density at radius 2 is 2.32 bits per heavy atom. The van der Waals surface area contributed by atoms with Crippen LogP contribution in [0.5, 0.6) is 0 Å². The van der Waals surface area contributed by atoms with Crippen LogP contribution >= 0.6 is 11.6 Å². The first-order valence-corrected chi connectivity index (χ1v) is 7.26. The van der Waals surface area contributed by atoms with E-state index in [1.807, 2.05) is 18.2 Å². The van der Waals surface area contributed by atoms with Crippen LogP contribution in [-0.4, -0.2) is 18.0 Å². The number of nitrogens with two attached hydrogens (primary N) is 1. The van der Waals surface area contributed by atoms with Gasteiger partial charge < -0.3 is 11.1 Å². The van der Waals surface area contributed by atoms with Gasteiger partial charge in [0.2, 0.25) is 5.91 Å². The Hall–Kier alpha value is -1.06. The van der Waals surface area contributed by atoms with E-state index in [-0.39, 0.29) is 17.4 Å². The smallest absolute Gasteiger partial charge is 0.220 e. The number of amides is 1. The van der Waals surface area contributed by atoms with Crippen molar-refractivity contribution in [3.8, 4) is 0 Å². The molecular weight excluding hydrogens is 260 g/mol. The Morgan fingerprint density at radius 1 is 1.47 bits per heavy atom. The highest BCUT2D eigenvalue weighted by atomic mass is 35.5. The summed E-state index contributed by atoms with van der Waals surface area (Å²) in [5.41, 5.74) is 6.88. The van der Waals surface area contributed by atoms with Crippen molar-refractivity contribution in [1.29, 1.82) is 0 Å². The molecule has 2 fully saturated rings. The van der Waals surface area contributed by atoms with Gasteiger partial charge in [0.1, 0.15) is 0 Å². The molecule has 1 amide bonds. The molecular formula is C15H19ClN2O. The molecule has 3 unspecified atom stereocenters. The summed E-state index contributed by atoms with van der Waals surface area (Å²) in [6, 6.07) is 8.04. The molecule has 0 radical (unpaired) electrons. The zero-order valence-corrected chi connectivity index (χ0v) is 11.6. The Kier molecular flexibility index (Phi) is 3.27. The molecule has 3 atom stereocenters.